The molecule has 33 heavy (non-hydrogen) atoms. The van der Waals surface area contributed by atoms with Crippen LogP contribution in [0.15, 0.2) is 65.3 Å². The molecule has 1 saturated heterocycles. The van der Waals surface area contributed by atoms with Crippen LogP contribution in [0.4, 0.5) is 14.5 Å². The number of piperidine rings is 1. The maximum Gasteiger partial charge on any atom is 0.256 e. The van der Waals surface area contributed by atoms with E-state index in [4.69, 9.17) is 4.42 Å². The lowest BCUT2D eigenvalue weighted by Gasteiger charge is -2.35. The second-order valence-electron chi connectivity index (χ2n) is 8.12. The second kappa shape index (κ2) is 9.85. The molecule has 2 heterocycles. The second-order valence-corrected chi connectivity index (χ2v) is 8.12. The molecule has 0 radical (unpaired) electrons. The summed E-state index contributed by atoms with van der Waals surface area (Å²) in [5.74, 6) is -1.56. The Hall–Kier alpha value is -3.68. The van der Waals surface area contributed by atoms with E-state index in [0.717, 1.165) is 17.8 Å². The van der Waals surface area contributed by atoms with Gasteiger partial charge >= 0.3 is 0 Å². The van der Waals surface area contributed by atoms with E-state index in [9.17, 15) is 18.4 Å². The topological polar surface area (TPSA) is 65.8 Å². The van der Waals surface area contributed by atoms with Gasteiger partial charge < -0.3 is 19.5 Å². The highest BCUT2D eigenvalue weighted by atomic mass is 19.1. The molecule has 0 atom stereocenters. The molecular formula is C25H25F2N3O3. The molecule has 4 rings (SSSR count). The molecule has 172 valence electrons. The van der Waals surface area contributed by atoms with Crippen LogP contribution in [-0.2, 0) is 6.54 Å². The number of carbonyl (C=O) groups is 2. The maximum absolute atomic E-state index is 13.9. The zero-order valence-electron chi connectivity index (χ0n) is 18.3. The van der Waals surface area contributed by atoms with Gasteiger partial charge in [0.1, 0.15) is 17.4 Å². The van der Waals surface area contributed by atoms with Crippen LogP contribution in [0, 0.1) is 11.6 Å². The first-order valence-electron chi connectivity index (χ1n) is 10.8. The molecule has 0 saturated carbocycles. The first-order chi connectivity index (χ1) is 15.9. The van der Waals surface area contributed by atoms with Crippen molar-refractivity contribution in [3.8, 4) is 0 Å². The van der Waals surface area contributed by atoms with Gasteiger partial charge in [-0.3, -0.25) is 9.59 Å². The molecule has 6 nitrogen and oxygen atoms in total. The first-order valence-corrected chi connectivity index (χ1v) is 10.8. The van der Waals surface area contributed by atoms with Crippen LogP contribution in [-0.4, -0.2) is 42.9 Å². The number of benzene rings is 2. The van der Waals surface area contributed by atoms with Crippen molar-refractivity contribution in [2.75, 3.05) is 25.0 Å². The predicted molar refractivity (Wildman–Crippen MR) is 120 cm³/mol. The number of carbonyl (C=O) groups excluding carboxylic acids is 2. The Morgan fingerprint density at radius 2 is 1.82 bits per heavy atom. The fourth-order valence-electron chi connectivity index (χ4n) is 4.05. The van der Waals surface area contributed by atoms with Crippen LogP contribution in [0.3, 0.4) is 0 Å². The van der Waals surface area contributed by atoms with Crippen LogP contribution in [0.2, 0.25) is 0 Å². The molecule has 1 aromatic heterocycles. The summed E-state index contributed by atoms with van der Waals surface area (Å²) in [5.41, 5.74) is 1.26. The normalized spacial score (nSPS) is 14.2. The third-order valence-corrected chi connectivity index (χ3v) is 5.80. The Labute approximate surface area is 190 Å². The number of rotatable bonds is 6. The van der Waals surface area contributed by atoms with Gasteiger partial charge in [-0.15, -0.1) is 0 Å². The monoisotopic (exact) mass is 453 g/mol. The molecule has 3 aromatic rings. The summed E-state index contributed by atoms with van der Waals surface area (Å²) < 4.78 is 32.3. The van der Waals surface area contributed by atoms with Gasteiger partial charge in [0.05, 0.1) is 23.9 Å². The van der Waals surface area contributed by atoms with Crippen molar-refractivity contribution in [3.05, 3.63) is 89.4 Å². The number of amides is 2. The predicted octanol–water partition coefficient (Wildman–Crippen LogP) is 4.23. The number of nitrogens with one attached hydrogen (secondary N) is 1. The number of hydrogen-bond donors (Lipinski definition) is 1. The van der Waals surface area contributed by atoms with E-state index in [2.05, 4.69) is 10.2 Å². The van der Waals surface area contributed by atoms with E-state index in [1.54, 1.807) is 24.3 Å². The van der Waals surface area contributed by atoms with Crippen LogP contribution >= 0.6 is 0 Å². The smallest absolute Gasteiger partial charge is 0.256 e. The number of para-hydroxylation sites is 1. The zero-order valence-corrected chi connectivity index (χ0v) is 18.3. The van der Waals surface area contributed by atoms with Crippen LogP contribution < -0.4 is 10.2 Å². The van der Waals surface area contributed by atoms with E-state index in [1.807, 2.05) is 30.3 Å². The van der Waals surface area contributed by atoms with Crippen LogP contribution in [0.5, 0.6) is 0 Å². The molecule has 8 heteroatoms. The van der Waals surface area contributed by atoms with Crippen LogP contribution in [0.25, 0.3) is 0 Å². The quantitative estimate of drug-likeness (QED) is 0.607. The standard InChI is InChI=1S/C25H25F2N3O3/c1-29(16-19-5-4-14-33-19)25(32)21-6-2-3-7-23(21)30-12-10-18(11-13-30)28-24(31)20-9-8-17(26)15-22(20)27/h2-9,14-15,18H,10-13,16H2,1H3,(H,28,31). The highest BCUT2D eigenvalue weighted by Gasteiger charge is 2.26. The first kappa shape index (κ1) is 22.5. The van der Waals surface area contributed by atoms with Gasteiger partial charge in [0.2, 0.25) is 0 Å². The Morgan fingerprint density at radius 3 is 2.52 bits per heavy atom. The molecular weight excluding hydrogens is 428 g/mol. The summed E-state index contributed by atoms with van der Waals surface area (Å²) >= 11 is 0. The summed E-state index contributed by atoms with van der Waals surface area (Å²) in [5, 5.41) is 2.83. The number of nitrogens with zero attached hydrogens (tertiary/aromatic N) is 2. The van der Waals surface area contributed by atoms with Crippen molar-refractivity contribution in [1.29, 1.82) is 0 Å². The Morgan fingerprint density at radius 1 is 1.06 bits per heavy atom. The summed E-state index contributed by atoms with van der Waals surface area (Å²) in [6, 6.07) is 13.8. The molecule has 1 aliphatic rings. The third-order valence-electron chi connectivity index (χ3n) is 5.80. The fourth-order valence-corrected chi connectivity index (χ4v) is 4.05. The highest BCUT2D eigenvalue weighted by Crippen LogP contribution is 2.26. The molecule has 0 bridgehead atoms. The van der Waals surface area contributed by atoms with Gasteiger partial charge in [-0.25, -0.2) is 8.78 Å². The summed E-state index contributed by atoms with van der Waals surface area (Å²) in [4.78, 5) is 29.2. The lowest BCUT2D eigenvalue weighted by atomic mass is 10.0. The van der Waals surface area contributed by atoms with Gasteiger partial charge in [0.25, 0.3) is 11.8 Å². The highest BCUT2D eigenvalue weighted by molar-refractivity contribution is 5.99. The number of anilines is 1. The van der Waals surface area contributed by atoms with Crippen molar-refractivity contribution < 1.29 is 22.8 Å². The van der Waals surface area contributed by atoms with Crippen molar-refractivity contribution in [3.63, 3.8) is 0 Å². The molecule has 2 amide bonds. The van der Waals surface area contributed by atoms with E-state index in [1.165, 1.54) is 0 Å². The molecule has 1 fully saturated rings. The molecule has 0 spiro atoms. The Balaban J connectivity index is 1.39. The van der Waals surface area contributed by atoms with Gasteiger partial charge in [0.15, 0.2) is 0 Å². The largest absolute Gasteiger partial charge is 0.467 e. The maximum atomic E-state index is 13.9. The Bertz CT molecular complexity index is 1130. The van der Waals surface area contributed by atoms with Crippen molar-refractivity contribution in [2.45, 2.75) is 25.4 Å². The molecule has 1 N–H and O–H groups in total. The lowest BCUT2D eigenvalue weighted by Crippen LogP contribution is -2.45. The van der Waals surface area contributed by atoms with Gasteiger partial charge in [-0.1, -0.05) is 12.1 Å². The van der Waals surface area contributed by atoms with E-state index in [0.29, 0.717) is 49.9 Å². The minimum Gasteiger partial charge on any atom is -0.467 e. The average Bonchev–Trinajstić information content (AvgIpc) is 3.32. The minimum atomic E-state index is -0.879. The summed E-state index contributed by atoms with van der Waals surface area (Å²) in [6.45, 7) is 1.63. The van der Waals surface area contributed by atoms with Crippen molar-refractivity contribution in [1.82, 2.24) is 10.2 Å². The molecule has 0 aliphatic carbocycles. The fraction of sp³-hybridized carbons (Fsp3) is 0.280. The van der Waals surface area contributed by atoms with Crippen molar-refractivity contribution >= 4 is 17.5 Å². The van der Waals surface area contributed by atoms with Gasteiger partial charge in [-0.05, 0) is 49.2 Å². The number of furan rings is 1. The van der Waals surface area contributed by atoms with Crippen LogP contribution in [0.1, 0.15) is 39.3 Å². The zero-order chi connectivity index (χ0) is 23.4. The van der Waals surface area contributed by atoms with E-state index in [-0.39, 0.29) is 17.5 Å². The molecule has 2 aromatic carbocycles. The summed E-state index contributed by atoms with van der Waals surface area (Å²) in [7, 11) is 1.73. The molecule has 1 aliphatic heterocycles. The minimum absolute atomic E-state index is 0.107. The SMILES string of the molecule is CN(Cc1ccco1)C(=O)c1ccccc1N1CCC(NC(=O)c2ccc(F)cc2F)CC1. The number of hydrogen-bond acceptors (Lipinski definition) is 4. The summed E-state index contributed by atoms with van der Waals surface area (Å²) in [6.07, 6.45) is 2.85. The van der Waals surface area contributed by atoms with E-state index >= 15 is 0 Å². The van der Waals surface area contributed by atoms with Gasteiger partial charge in [0, 0.05) is 37.9 Å². The lowest BCUT2D eigenvalue weighted by molar-refractivity contribution is 0.0776. The van der Waals surface area contributed by atoms with E-state index < -0.39 is 17.5 Å². The third kappa shape index (κ3) is 5.22. The van der Waals surface area contributed by atoms with Crippen molar-refractivity contribution in [2.24, 2.45) is 0 Å². The average molecular weight is 453 g/mol. The number of halogens is 2. The molecule has 0 unspecified atom stereocenters. The Kier molecular flexibility index (Phi) is 6.72. The van der Waals surface area contributed by atoms with Gasteiger partial charge in [-0.2, -0.15) is 0 Å².